The third-order valence-corrected chi connectivity index (χ3v) is 2.22. The van der Waals surface area contributed by atoms with Crippen LogP contribution in [0.2, 0.25) is 0 Å². The molecule has 1 aromatic rings. The van der Waals surface area contributed by atoms with E-state index in [1.165, 1.54) is 0 Å². The van der Waals surface area contributed by atoms with Crippen molar-refractivity contribution < 1.29 is 9.83 Å². The third kappa shape index (κ3) is 4.10. The number of rotatable bonds is 6. The highest BCUT2D eigenvalue weighted by atomic mass is 16.7. The monoisotopic (exact) mass is 237 g/mol. The smallest absolute Gasteiger partial charge is 0.219 e. The van der Waals surface area contributed by atoms with E-state index in [1.54, 1.807) is 37.3 Å². The minimum atomic E-state index is -0.479. The van der Waals surface area contributed by atoms with E-state index in [1.807, 2.05) is 0 Å². The van der Waals surface area contributed by atoms with Gasteiger partial charge in [0.25, 0.3) is 0 Å². The molecule has 92 valence electrons. The molecule has 0 saturated heterocycles. The van der Waals surface area contributed by atoms with Gasteiger partial charge in [-0.1, -0.05) is 30.1 Å². The van der Waals surface area contributed by atoms with Crippen molar-refractivity contribution in [3.8, 4) is 0 Å². The number of carbonyl (C=O) groups is 1. The number of benzene rings is 1. The number of hydrogen-bond acceptors (Lipinski definition) is 3. The van der Waals surface area contributed by atoms with Crippen LogP contribution < -0.4 is 10.3 Å². The lowest BCUT2D eigenvalue weighted by molar-refractivity contribution is -0.494. The predicted octanol–water partition coefficient (Wildman–Crippen LogP) is 1.21. The molecule has 1 N–H and O–H groups in total. The van der Waals surface area contributed by atoms with Crippen LogP contribution >= 0.6 is 0 Å². The minimum Gasteiger partial charge on any atom is -0.354 e. The van der Waals surface area contributed by atoms with Crippen molar-refractivity contribution in [3.05, 3.63) is 40.4 Å². The number of nitro groups is 1. The molecule has 0 unspecified atom stereocenters. The van der Waals surface area contributed by atoms with Gasteiger partial charge in [0.2, 0.25) is 5.91 Å². The number of carbonyl (C=O) groups excluding carboxylic acids is 1. The molecule has 0 aliphatic carbocycles. The Morgan fingerprint density at radius 3 is 2.59 bits per heavy atom. The van der Waals surface area contributed by atoms with Gasteiger partial charge in [0.1, 0.15) is 12.2 Å². The van der Waals surface area contributed by atoms with Gasteiger partial charge in [-0.15, -0.1) is 0 Å². The second-order valence-electron chi connectivity index (χ2n) is 3.40. The molecule has 0 radical (unpaired) electrons. The summed E-state index contributed by atoms with van der Waals surface area (Å²) in [5.41, 5.74) is 0.503. The van der Waals surface area contributed by atoms with E-state index in [4.69, 9.17) is 0 Å². The molecular weight excluding hydrogens is 222 g/mol. The molecule has 0 spiro atoms. The van der Waals surface area contributed by atoms with E-state index in [-0.39, 0.29) is 19.0 Å². The van der Waals surface area contributed by atoms with Crippen LogP contribution in [-0.4, -0.2) is 24.0 Å². The van der Waals surface area contributed by atoms with E-state index >= 15 is 0 Å². The summed E-state index contributed by atoms with van der Waals surface area (Å²) in [6, 6.07) is 8.57. The molecule has 6 heteroatoms. The first-order valence-corrected chi connectivity index (χ1v) is 5.38. The summed E-state index contributed by atoms with van der Waals surface area (Å²) in [6.07, 6.45) is 0.379. The number of hydrogen-bond donors (Lipinski definition) is 1. The molecule has 0 saturated carbocycles. The van der Waals surface area contributed by atoms with Crippen molar-refractivity contribution >= 4 is 11.6 Å². The number of amides is 1. The Morgan fingerprint density at radius 1 is 1.41 bits per heavy atom. The molecular formula is C11H15N3O3. The Balaban J connectivity index is 2.56. The van der Waals surface area contributed by atoms with Gasteiger partial charge in [-0.3, -0.25) is 4.79 Å². The van der Waals surface area contributed by atoms with Gasteiger partial charge in [-0.25, -0.2) is 10.1 Å². The summed E-state index contributed by atoms with van der Waals surface area (Å²) in [4.78, 5) is 21.9. The number of anilines is 1. The standard InChI is InChI=1S/C11H15N3O3/c1-2-11(15)12-8-9-13(14(16)17)10-6-4-3-5-7-10/h3-7H,2,8-9H2,1H3,(H,12,15). The van der Waals surface area contributed by atoms with Gasteiger partial charge in [-0.2, -0.15) is 0 Å². The van der Waals surface area contributed by atoms with Gasteiger partial charge in [0, 0.05) is 13.0 Å². The van der Waals surface area contributed by atoms with Crippen molar-refractivity contribution in [2.24, 2.45) is 0 Å². The second kappa shape index (κ2) is 6.47. The average molecular weight is 237 g/mol. The van der Waals surface area contributed by atoms with Gasteiger partial charge in [0.15, 0.2) is 5.03 Å². The number of hydrazine groups is 1. The Morgan fingerprint density at radius 2 is 2.06 bits per heavy atom. The second-order valence-corrected chi connectivity index (χ2v) is 3.40. The fourth-order valence-electron chi connectivity index (χ4n) is 1.33. The minimum absolute atomic E-state index is 0.110. The zero-order valence-corrected chi connectivity index (χ0v) is 9.63. The Hall–Kier alpha value is -2.11. The van der Waals surface area contributed by atoms with Crippen LogP contribution in [-0.2, 0) is 4.79 Å². The molecule has 0 fully saturated rings. The molecule has 0 atom stereocenters. The van der Waals surface area contributed by atoms with Gasteiger partial charge >= 0.3 is 0 Å². The lowest BCUT2D eigenvalue weighted by Crippen LogP contribution is -2.38. The van der Waals surface area contributed by atoms with E-state index in [0.29, 0.717) is 12.1 Å². The van der Waals surface area contributed by atoms with Crippen molar-refractivity contribution in [2.75, 3.05) is 18.1 Å². The van der Waals surface area contributed by atoms with Crippen molar-refractivity contribution in [1.29, 1.82) is 0 Å². The first-order chi connectivity index (χ1) is 8.15. The van der Waals surface area contributed by atoms with E-state index in [0.717, 1.165) is 5.01 Å². The average Bonchev–Trinajstić information content (AvgIpc) is 2.34. The zero-order valence-electron chi connectivity index (χ0n) is 9.63. The van der Waals surface area contributed by atoms with Crippen LogP contribution in [0.4, 0.5) is 5.69 Å². The van der Waals surface area contributed by atoms with Crippen LogP contribution in [0.15, 0.2) is 30.3 Å². The largest absolute Gasteiger partial charge is 0.354 e. The molecule has 17 heavy (non-hydrogen) atoms. The first-order valence-electron chi connectivity index (χ1n) is 5.38. The third-order valence-electron chi connectivity index (χ3n) is 2.22. The number of nitrogens with zero attached hydrogens (tertiary/aromatic N) is 2. The maximum atomic E-state index is 11.0. The molecule has 6 nitrogen and oxygen atoms in total. The maximum Gasteiger partial charge on any atom is 0.219 e. The highest BCUT2D eigenvalue weighted by Gasteiger charge is 2.16. The van der Waals surface area contributed by atoms with Gasteiger partial charge < -0.3 is 5.32 Å². The van der Waals surface area contributed by atoms with Crippen LogP contribution in [0, 0.1) is 10.1 Å². The highest BCUT2D eigenvalue weighted by Crippen LogP contribution is 2.12. The van der Waals surface area contributed by atoms with Gasteiger partial charge in [0.05, 0.1) is 0 Å². The summed E-state index contributed by atoms with van der Waals surface area (Å²) >= 11 is 0. The van der Waals surface area contributed by atoms with Crippen molar-refractivity contribution in [1.82, 2.24) is 5.32 Å². The maximum absolute atomic E-state index is 11.0. The Bertz CT molecular complexity index is 381. The van der Waals surface area contributed by atoms with Crippen LogP contribution in [0.5, 0.6) is 0 Å². The highest BCUT2D eigenvalue weighted by molar-refractivity contribution is 5.75. The van der Waals surface area contributed by atoms with E-state index < -0.39 is 5.03 Å². The molecule has 0 bridgehead atoms. The summed E-state index contributed by atoms with van der Waals surface area (Å²) in [6.45, 7) is 2.13. The lowest BCUT2D eigenvalue weighted by Gasteiger charge is -2.14. The number of para-hydroxylation sites is 1. The molecule has 0 heterocycles. The SMILES string of the molecule is CCC(=O)NCCN(c1ccccc1)[N+](=O)[O-]. The van der Waals surface area contributed by atoms with Crippen LogP contribution in [0.25, 0.3) is 0 Å². The molecule has 0 aliphatic rings. The molecule has 1 rings (SSSR count). The fraction of sp³-hybridized carbons (Fsp3) is 0.364. The van der Waals surface area contributed by atoms with Crippen LogP contribution in [0.1, 0.15) is 13.3 Å². The first kappa shape index (κ1) is 13.0. The quantitative estimate of drug-likeness (QED) is 0.596. The Kier molecular flexibility index (Phi) is 4.93. The Labute approximate surface area is 99.4 Å². The zero-order chi connectivity index (χ0) is 12.7. The van der Waals surface area contributed by atoms with E-state index in [9.17, 15) is 14.9 Å². The lowest BCUT2D eigenvalue weighted by atomic mass is 10.3. The summed E-state index contributed by atoms with van der Waals surface area (Å²) in [7, 11) is 0. The number of nitrogens with one attached hydrogen (secondary N) is 1. The van der Waals surface area contributed by atoms with E-state index in [2.05, 4.69) is 5.32 Å². The fourth-order valence-corrected chi connectivity index (χ4v) is 1.33. The summed E-state index contributed by atoms with van der Waals surface area (Å²) < 4.78 is 0. The summed E-state index contributed by atoms with van der Waals surface area (Å²) in [5, 5.41) is 14.0. The van der Waals surface area contributed by atoms with Crippen molar-refractivity contribution in [2.45, 2.75) is 13.3 Å². The summed E-state index contributed by atoms with van der Waals surface area (Å²) in [5.74, 6) is -0.110. The molecule has 1 aromatic carbocycles. The van der Waals surface area contributed by atoms with Gasteiger partial charge in [-0.05, 0) is 12.1 Å². The topological polar surface area (TPSA) is 75.5 Å². The molecule has 0 aliphatic heterocycles. The molecule has 0 aromatic heterocycles. The normalized spacial score (nSPS) is 9.71. The van der Waals surface area contributed by atoms with Crippen molar-refractivity contribution in [3.63, 3.8) is 0 Å². The molecule has 1 amide bonds. The van der Waals surface area contributed by atoms with Crippen LogP contribution in [0.3, 0.4) is 0 Å². The predicted molar refractivity (Wildman–Crippen MR) is 64.1 cm³/mol.